The van der Waals surface area contributed by atoms with Crippen molar-refractivity contribution >= 4 is 23.6 Å². The normalized spacial score (nSPS) is 12.4. The molecule has 1 heterocycles. The molecule has 1 N–H and O–H groups in total. The van der Waals surface area contributed by atoms with Gasteiger partial charge >= 0.3 is 0 Å². The third kappa shape index (κ3) is 4.84. The van der Waals surface area contributed by atoms with Crippen LogP contribution in [0.15, 0.2) is 66.7 Å². The Kier molecular flexibility index (Phi) is 7.15. The zero-order valence-electron chi connectivity index (χ0n) is 20.4. The lowest BCUT2D eigenvalue weighted by Gasteiger charge is -2.21. The fraction of sp³-hybridized carbons (Fsp3) is 0.214. The maximum atomic E-state index is 13.4. The van der Waals surface area contributed by atoms with E-state index in [1.165, 1.54) is 4.90 Å². The summed E-state index contributed by atoms with van der Waals surface area (Å²) in [5, 5.41) is 2.58. The molecule has 4 rings (SSSR count). The number of carbonyl (C=O) groups is 4. The van der Waals surface area contributed by atoms with Crippen molar-refractivity contribution in [3.05, 3.63) is 100 Å². The van der Waals surface area contributed by atoms with Crippen molar-refractivity contribution in [2.24, 2.45) is 0 Å². The van der Waals surface area contributed by atoms with E-state index in [2.05, 4.69) is 5.32 Å². The highest BCUT2D eigenvalue weighted by atomic mass is 16.5. The zero-order chi connectivity index (χ0) is 25.8. The number of fused-ring (bicyclic) bond motifs is 1. The van der Waals surface area contributed by atoms with E-state index in [-0.39, 0.29) is 30.2 Å². The van der Waals surface area contributed by atoms with Crippen molar-refractivity contribution in [2.45, 2.75) is 20.0 Å². The summed E-state index contributed by atoms with van der Waals surface area (Å²) in [6.45, 7) is 2.58. The van der Waals surface area contributed by atoms with Crippen LogP contribution in [-0.2, 0) is 13.1 Å². The molecule has 0 spiro atoms. The lowest BCUT2D eigenvalue weighted by Crippen LogP contribution is -2.30. The van der Waals surface area contributed by atoms with Crippen LogP contribution in [-0.4, -0.2) is 54.1 Å². The number of hydrogen-bond donors (Lipinski definition) is 1. The first-order chi connectivity index (χ1) is 17.3. The van der Waals surface area contributed by atoms with Crippen LogP contribution in [0.5, 0.6) is 5.75 Å². The first-order valence-corrected chi connectivity index (χ1v) is 11.6. The number of carbonyl (C=O) groups excluding carboxylic acids is 4. The third-order valence-electron chi connectivity index (χ3n) is 6.00. The molecule has 0 aliphatic carbocycles. The predicted molar refractivity (Wildman–Crippen MR) is 134 cm³/mol. The largest absolute Gasteiger partial charge is 0.493 e. The van der Waals surface area contributed by atoms with E-state index in [4.69, 9.17) is 4.74 Å². The van der Waals surface area contributed by atoms with E-state index in [0.717, 1.165) is 5.56 Å². The highest BCUT2D eigenvalue weighted by molar-refractivity contribution is 6.21. The molecule has 3 aromatic carbocycles. The summed E-state index contributed by atoms with van der Waals surface area (Å²) in [6.07, 6.45) is 0. The molecule has 8 heteroatoms. The van der Waals surface area contributed by atoms with Crippen molar-refractivity contribution in [1.82, 2.24) is 15.1 Å². The minimum atomic E-state index is -0.352. The van der Waals surface area contributed by atoms with Gasteiger partial charge in [0.05, 0.1) is 29.8 Å². The number of amides is 4. The summed E-state index contributed by atoms with van der Waals surface area (Å²) in [6, 6.07) is 18.9. The Bertz CT molecular complexity index is 1300. The molecule has 36 heavy (non-hydrogen) atoms. The fourth-order valence-corrected chi connectivity index (χ4v) is 4.15. The van der Waals surface area contributed by atoms with Gasteiger partial charge in [-0.1, -0.05) is 30.3 Å². The van der Waals surface area contributed by atoms with Crippen molar-refractivity contribution < 1.29 is 23.9 Å². The van der Waals surface area contributed by atoms with Crippen LogP contribution >= 0.6 is 0 Å². The molecule has 1 aliphatic heterocycles. The number of imide groups is 1. The summed E-state index contributed by atoms with van der Waals surface area (Å²) in [5.74, 6) is -0.722. The molecular formula is C28H27N3O5. The first-order valence-electron chi connectivity index (χ1n) is 11.6. The van der Waals surface area contributed by atoms with E-state index < -0.39 is 0 Å². The Morgan fingerprint density at radius 3 is 2.11 bits per heavy atom. The van der Waals surface area contributed by atoms with E-state index in [9.17, 15) is 19.2 Å². The topological polar surface area (TPSA) is 96.0 Å². The summed E-state index contributed by atoms with van der Waals surface area (Å²) in [7, 11) is 3.25. The Morgan fingerprint density at radius 1 is 0.917 bits per heavy atom. The quantitative estimate of drug-likeness (QED) is 0.493. The van der Waals surface area contributed by atoms with E-state index in [1.54, 1.807) is 85.7 Å². The zero-order valence-corrected chi connectivity index (χ0v) is 20.4. The molecule has 8 nitrogen and oxygen atoms in total. The second-order valence-corrected chi connectivity index (χ2v) is 8.44. The van der Waals surface area contributed by atoms with Gasteiger partial charge in [0.25, 0.3) is 23.6 Å². The van der Waals surface area contributed by atoms with Crippen LogP contribution < -0.4 is 10.1 Å². The number of hydrogen-bond acceptors (Lipinski definition) is 5. The molecule has 0 radical (unpaired) electrons. The van der Waals surface area contributed by atoms with Crippen LogP contribution in [0.2, 0.25) is 0 Å². The minimum Gasteiger partial charge on any atom is -0.493 e. The highest BCUT2D eigenvalue weighted by Crippen LogP contribution is 2.27. The van der Waals surface area contributed by atoms with Gasteiger partial charge in [0, 0.05) is 26.2 Å². The highest BCUT2D eigenvalue weighted by Gasteiger charge is 2.35. The van der Waals surface area contributed by atoms with E-state index in [1.807, 2.05) is 6.92 Å². The lowest BCUT2D eigenvalue weighted by molar-refractivity contribution is 0.0641. The minimum absolute atomic E-state index is 0.0453. The molecule has 4 amide bonds. The molecule has 0 aromatic heterocycles. The van der Waals surface area contributed by atoms with Gasteiger partial charge in [0.1, 0.15) is 5.75 Å². The summed E-state index contributed by atoms with van der Waals surface area (Å²) < 4.78 is 5.69. The van der Waals surface area contributed by atoms with Crippen LogP contribution in [0.3, 0.4) is 0 Å². The first kappa shape index (κ1) is 24.7. The predicted octanol–water partition coefficient (Wildman–Crippen LogP) is 3.51. The molecule has 0 fully saturated rings. The van der Waals surface area contributed by atoms with E-state index >= 15 is 0 Å². The van der Waals surface area contributed by atoms with Gasteiger partial charge in [0.15, 0.2) is 0 Å². The van der Waals surface area contributed by atoms with Gasteiger partial charge < -0.3 is 15.0 Å². The van der Waals surface area contributed by atoms with Crippen molar-refractivity contribution in [3.63, 3.8) is 0 Å². The maximum Gasteiger partial charge on any atom is 0.261 e. The maximum absolute atomic E-state index is 13.4. The van der Waals surface area contributed by atoms with Gasteiger partial charge in [-0.25, -0.2) is 0 Å². The Labute approximate surface area is 209 Å². The Balaban J connectivity index is 1.54. The monoisotopic (exact) mass is 485 g/mol. The van der Waals surface area contributed by atoms with Gasteiger partial charge in [-0.15, -0.1) is 0 Å². The second-order valence-electron chi connectivity index (χ2n) is 8.44. The summed E-state index contributed by atoms with van der Waals surface area (Å²) >= 11 is 0. The number of benzene rings is 3. The SMILES string of the molecule is CCOc1ccc(CN2C(=O)c3ccccc3C2=O)cc1C(=O)N(C)Cc1ccc(C(=O)NC)cc1. The molecule has 184 valence electrons. The number of nitrogens with one attached hydrogen (secondary N) is 1. The second kappa shape index (κ2) is 10.4. The molecule has 1 aliphatic rings. The average Bonchev–Trinajstić information content (AvgIpc) is 3.14. The number of rotatable bonds is 8. The fourth-order valence-electron chi connectivity index (χ4n) is 4.15. The van der Waals surface area contributed by atoms with Crippen LogP contribution in [0, 0.1) is 0 Å². The number of ether oxygens (including phenoxy) is 1. The average molecular weight is 486 g/mol. The van der Waals surface area contributed by atoms with Gasteiger partial charge in [-0.3, -0.25) is 24.1 Å². The Morgan fingerprint density at radius 2 is 1.53 bits per heavy atom. The van der Waals surface area contributed by atoms with Crippen LogP contribution in [0.4, 0.5) is 0 Å². The molecular weight excluding hydrogens is 458 g/mol. The summed E-state index contributed by atoms with van der Waals surface area (Å²) in [5.41, 5.74) is 3.14. The third-order valence-corrected chi connectivity index (χ3v) is 6.00. The molecule has 0 atom stereocenters. The standard InChI is InChI=1S/C28H27N3O5/c1-4-36-24-14-11-19(17-31-27(34)21-7-5-6-8-22(21)28(31)35)15-23(24)26(33)30(3)16-18-9-12-20(13-10-18)25(32)29-2/h5-15H,4,16-17H2,1-3H3,(H,29,32). The van der Waals surface area contributed by atoms with Crippen molar-refractivity contribution in [1.29, 1.82) is 0 Å². The molecule has 3 aromatic rings. The lowest BCUT2D eigenvalue weighted by atomic mass is 10.1. The van der Waals surface area contributed by atoms with Crippen molar-refractivity contribution in [3.8, 4) is 5.75 Å². The van der Waals surface area contributed by atoms with Gasteiger partial charge in [0.2, 0.25) is 0 Å². The summed E-state index contributed by atoms with van der Waals surface area (Å²) in [4.78, 5) is 53.5. The smallest absolute Gasteiger partial charge is 0.261 e. The van der Waals surface area contributed by atoms with Gasteiger partial charge in [-0.2, -0.15) is 0 Å². The Hall–Kier alpha value is -4.46. The molecule has 0 unspecified atom stereocenters. The molecule has 0 bridgehead atoms. The van der Waals surface area contributed by atoms with Gasteiger partial charge in [-0.05, 0) is 54.4 Å². The number of nitrogens with zero attached hydrogens (tertiary/aromatic N) is 2. The molecule has 0 saturated heterocycles. The van der Waals surface area contributed by atoms with E-state index in [0.29, 0.717) is 46.7 Å². The molecule has 0 saturated carbocycles. The van der Waals surface area contributed by atoms with Crippen LogP contribution in [0.25, 0.3) is 0 Å². The van der Waals surface area contributed by atoms with Crippen molar-refractivity contribution in [2.75, 3.05) is 20.7 Å². The van der Waals surface area contributed by atoms with Crippen LogP contribution in [0.1, 0.15) is 59.5 Å².